The van der Waals surface area contributed by atoms with Crippen molar-refractivity contribution < 1.29 is 23.8 Å². The number of esters is 1. The molecular weight excluding hydrogens is 368 g/mol. The van der Waals surface area contributed by atoms with Gasteiger partial charge in [0.05, 0.1) is 21.6 Å². The number of ether oxygens (including phenoxy) is 3. The fourth-order valence-electron chi connectivity index (χ4n) is 2.63. The van der Waals surface area contributed by atoms with E-state index in [-0.39, 0.29) is 19.8 Å². The molecule has 7 nitrogen and oxygen atoms in total. The van der Waals surface area contributed by atoms with Crippen LogP contribution in [0.2, 0.25) is 0 Å². The average Bonchev–Trinajstić information content (AvgIpc) is 3.30. The van der Waals surface area contributed by atoms with E-state index in [4.69, 9.17) is 14.2 Å². The van der Waals surface area contributed by atoms with E-state index in [9.17, 15) is 9.59 Å². The molecule has 1 N–H and O–H groups in total. The van der Waals surface area contributed by atoms with E-state index in [0.29, 0.717) is 23.6 Å². The number of fused-ring (bicyclic) bond motifs is 2. The molecular formula is C19H16N2O5S. The van der Waals surface area contributed by atoms with Crippen LogP contribution in [0.1, 0.15) is 11.4 Å². The highest BCUT2D eigenvalue weighted by molar-refractivity contribution is 7.18. The van der Waals surface area contributed by atoms with Crippen molar-refractivity contribution in [3.05, 3.63) is 47.5 Å². The van der Waals surface area contributed by atoms with Gasteiger partial charge < -0.3 is 19.5 Å². The average molecular weight is 384 g/mol. The number of hydrogen-bond acceptors (Lipinski definition) is 7. The van der Waals surface area contributed by atoms with Gasteiger partial charge in [-0.05, 0) is 24.3 Å². The van der Waals surface area contributed by atoms with Crippen LogP contribution in [-0.2, 0) is 20.7 Å². The van der Waals surface area contributed by atoms with Crippen molar-refractivity contribution >= 4 is 39.1 Å². The highest BCUT2D eigenvalue weighted by Crippen LogP contribution is 2.34. The summed E-state index contributed by atoms with van der Waals surface area (Å²) in [5, 5.41) is 3.53. The minimum absolute atomic E-state index is 0.166. The molecule has 1 amide bonds. The predicted octanol–water partition coefficient (Wildman–Crippen LogP) is 3.14. The monoisotopic (exact) mass is 384 g/mol. The summed E-state index contributed by atoms with van der Waals surface area (Å²) < 4.78 is 16.6. The maximum Gasteiger partial charge on any atom is 0.306 e. The first-order chi connectivity index (χ1) is 13.2. The standard InChI is InChI=1S/C19H16N2O5S/c22-17(20-12-5-6-14-15(9-12)26-11-25-14)10-24-19(23)8-7-18-21-13-3-1-2-4-16(13)27-18/h1-6,9H,7-8,10-11H2,(H,20,22). The van der Waals surface area contributed by atoms with Crippen molar-refractivity contribution in [1.29, 1.82) is 0 Å². The molecule has 0 aliphatic carbocycles. The number of rotatable bonds is 6. The number of benzene rings is 2. The van der Waals surface area contributed by atoms with Gasteiger partial charge in [-0.3, -0.25) is 9.59 Å². The van der Waals surface area contributed by atoms with E-state index < -0.39 is 11.9 Å². The molecule has 1 aliphatic rings. The van der Waals surface area contributed by atoms with Crippen LogP contribution in [0, 0.1) is 0 Å². The van der Waals surface area contributed by atoms with Crippen molar-refractivity contribution in [1.82, 2.24) is 4.98 Å². The summed E-state index contributed by atoms with van der Waals surface area (Å²) in [5.41, 5.74) is 1.48. The van der Waals surface area contributed by atoms with Crippen LogP contribution in [0.4, 0.5) is 5.69 Å². The van der Waals surface area contributed by atoms with Crippen LogP contribution in [0.5, 0.6) is 11.5 Å². The Kier molecular flexibility index (Phi) is 4.88. The van der Waals surface area contributed by atoms with Crippen molar-refractivity contribution in [3.63, 3.8) is 0 Å². The van der Waals surface area contributed by atoms with Crippen molar-refractivity contribution in [2.75, 3.05) is 18.7 Å². The molecule has 1 aliphatic heterocycles. The number of carbonyl (C=O) groups is 2. The lowest BCUT2D eigenvalue weighted by Gasteiger charge is -2.07. The zero-order chi connectivity index (χ0) is 18.6. The Morgan fingerprint density at radius 3 is 2.89 bits per heavy atom. The minimum Gasteiger partial charge on any atom is -0.456 e. The van der Waals surface area contributed by atoms with E-state index in [1.807, 2.05) is 24.3 Å². The Bertz CT molecular complexity index is 968. The first kappa shape index (κ1) is 17.3. The van der Waals surface area contributed by atoms with E-state index in [0.717, 1.165) is 15.2 Å². The number of aromatic nitrogens is 1. The first-order valence-corrected chi connectivity index (χ1v) is 9.18. The number of aryl methyl sites for hydroxylation is 1. The lowest BCUT2D eigenvalue weighted by Crippen LogP contribution is -2.21. The predicted molar refractivity (Wildman–Crippen MR) is 100 cm³/mol. The number of thiazole rings is 1. The van der Waals surface area contributed by atoms with Crippen LogP contribution in [0.3, 0.4) is 0 Å². The summed E-state index contributed by atoms with van der Waals surface area (Å²) >= 11 is 1.55. The quantitative estimate of drug-likeness (QED) is 0.657. The molecule has 8 heteroatoms. The Hall–Kier alpha value is -3.13. The van der Waals surface area contributed by atoms with Gasteiger partial charge in [-0.15, -0.1) is 11.3 Å². The fourth-order valence-corrected chi connectivity index (χ4v) is 3.59. The van der Waals surface area contributed by atoms with Crippen molar-refractivity contribution in [3.8, 4) is 11.5 Å². The number of carbonyl (C=O) groups excluding carboxylic acids is 2. The number of anilines is 1. The van der Waals surface area contributed by atoms with Crippen LogP contribution in [-0.4, -0.2) is 30.3 Å². The molecule has 0 fully saturated rings. The molecule has 1 aromatic heterocycles. The molecule has 0 unspecified atom stereocenters. The van der Waals surface area contributed by atoms with E-state index in [2.05, 4.69) is 10.3 Å². The number of para-hydroxylation sites is 1. The number of nitrogens with one attached hydrogen (secondary N) is 1. The Morgan fingerprint density at radius 2 is 2.00 bits per heavy atom. The van der Waals surface area contributed by atoms with Gasteiger partial charge in [0, 0.05) is 18.2 Å². The zero-order valence-corrected chi connectivity index (χ0v) is 15.1. The van der Waals surface area contributed by atoms with Gasteiger partial charge in [0.2, 0.25) is 6.79 Å². The van der Waals surface area contributed by atoms with E-state index in [1.54, 1.807) is 29.5 Å². The molecule has 27 heavy (non-hydrogen) atoms. The van der Waals surface area contributed by atoms with Crippen LogP contribution < -0.4 is 14.8 Å². The molecule has 4 rings (SSSR count). The summed E-state index contributed by atoms with van der Waals surface area (Å²) in [4.78, 5) is 28.3. The molecule has 0 spiro atoms. The third-order valence-electron chi connectivity index (χ3n) is 3.90. The van der Waals surface area contributed by atoms with Gasteiger partial charge >= 0.3 is 5.97 Å². The van der Waals surface area contributed by atoms with Gasteiger partial charge in [-0.25, -0.2) is 4.98 Å². The molecule has 0 saturated heterocycles. The topological polar surface area (TPSA) is 86.8 Å². The molecule has 2 aromatic carbocycles. The van der Waals surface area contributed by atoms with Crippen LogP contribution in [0.15, 0.2) is 42.5 Å². The van der Waals surface area contributed by atoms with E-state index >= 15 is 0 Å². The minimum atomic E-state index is -0.435. The Balaban J connectivity index is 1.23. The van der Waals surface area contributed by atoms with Crippen LogP contribution >= 0.6 is 11.3 Å². The summed E-state index contributed by atoms with van der Waals surface area (Å²) in [6, 6.07) is 12.9. The van der Waals surface area contributed by atoms with Crippen LogP contribution in [0.25, 0.3) is 10.2 Å². The second-order valence-electron chi connectivity index (χ2n) is 5.85. The van der Waals surface area contributed by atoms with Gasteiger partial charge in [0.15, 0.2) is 18.1 Å². The maximum absolute atomic E-state index is 11.9. The van der Waals surface area contributed by atoms with Gasteiger partial charge in [0.25, 0.3) is 5.91 Å². The lowest BCUT2D eigenvalue weighted by molar-refractivity contribution is -0.147. The number of hydrogen-bond donors (Lipinski definition) is 1. The zero-order valence-electron chi connectivity index (χ0n) is 14.3. The van der Waals surface area contributed by atoms with Gasteiger partial charge in [-0.2, -0.15) is 0 Å². The van der Waals surface area contributed by atoms with Crippen molar-refractivity contribution in [2.24, 2.45) is 0 Å². The molecule has 138 valence electrons. The Labute approximate surface area is 158 Å². The van der Waals surface area contributed by atoms with Gasteiger partial charge in [0.1, 0.15) is 0 Å². The molecule has 0 radical (unpaired) electrons. The first-order valence-electron chi connectivity index (χ1n) is 8.37. The second kappa shape index (κ2) is 7.63. The van der Waals surface area contributed by atoms with E-state index in [1.165, 1.54) is 0 Å². The highest BCUT2D eigenvalue weighted by Gasteiger charge is 2.15. The summed E-state index contributed by atoms with van der Waals surface area (Å²) in [7, 11) is 0. The molecule has 2 heterocycles. The summed E-state index contributed by atoms with van der Waals surface area (Å²) in [6.45, 7) is -0.174. The normalized spacial score (nSPS) is 12.1. The largest absolute Gasteiger partial charge is 0.456 e. The molecule has 0 saturated carbocycles. The van der Waals surface area contributed by atoms with Gasteiger partial charge in [-0.1, -0.05) is 12.1 Å². The Morgan fingerprint density at radius 1 is 1.15 bits per heavy atom. The fraction of sp³-hybridized carbons (Fsp3) is 0.211. The maximum atomic E-state index is 11.9. The summed E-state index contributed by atoms with van der Waals surface area (Å²) in [6.07, 6.45) is 0.666. The number of nitrogens with zero attached hydrogens (tertiary/aromatic N) is 1. The van der Waals surface area contributed by atoms with Crippen molar-refractivity contribution in [2.45, 2.75) is 12.8 Å². The molecule has 3 aromatic rings. The third-order valence-corrected chi connectivity index (χ3v) is 5.00. The molecule has 0 bridgehead atoms. The smallest absolute Gasteiger partial charge is 0.306 e. The lowest BCUT2D eigenvalue weighted by atomic mass is 10.3. The summed E-state index contributed by atoms with van der Waals surface area (Å²) in [5.74, 6) is 0.354. The number of amides is 1. The second-order valence-corrected chi connectivity index (χ2v) is 6.97. The highest BCUT2D eigenvalue weighted by atomic mass is 32.1. The SMILES string of the molecule is O=C(COC(=O)CCc1nc2ccccc2s1)Nc1ccc2c(c1)OCO2. The third kappa shape index (κ3) is 4.17. The molecule has 0 atom stereocenters.